The number of rotatable bonds is 27. The van der Waals surface area contributed by atoms with E-state index in [1.165, 1.54) is 46.2 Å². The van der Waals surface area contributed by atoms with Gasteiger partial charge in [-0.3, -0.25) is 39.7 Å². The maximum atomic E-state index is 13.3. The fraction of sp³-hybridized carbons (Fsp3) is 0.296. The van der Waals surface area contributed by atoms with Gasteiger partial charge in [0, 0.05) is 99.1 Å². The number of aromatic carboxylic acids is 2. The van der Waals surface area contributed by atoms with E-state index < -0.39 is 11.9 Å². The third-order valence-electron chi connectivity index (χ3n) is 18.2. The minimum atomic E-state index is -1.05. The van der Waals surface area contributed by atoms with Crippen LogP contribution in [0.5, 0.6) is 17.2 Å². The molecule has 1 amide bonds. The predicted octanol–water partition coefficient (Wildman–Crippen LogP) is 9.50. The first-order chi connectivity index (χ1) is 52.8. The highest BCUT2D eigenvalue weighted by Gasteiger charge is 2.26. The Kier molecular flexibility index (Phi) is 30.6. The van der Waals surface area contributed by atoms with E-state index in [-0.39, 0.29) is 75.6 Å². The van der Waals surface area contributed by atoms with E-state index in [9.17, 15) is 39.1 Å². The van der Waals surface area contributed by atoms with Gasteiger partial charge >= 0.3 is 11.9 Å². The van der Waals surface area contributed by atoms with Gasteiger partial charge in [0.25, 0.3) is 5.91 Å². The topological polar surface area (TPSA) is 382 Å². The van der Waals surface area contributed by atoms with Crippen LogP contribution in [0.4, 0.5) is 23.0 Å². The largest absolute Gasteiger partial charge is 0.492 e. The van der Waals surface area contributed by atoms with Gasteiger partial charge in [-0.15, -0.1) is 12.4 Å². The molecule has 0 radical (unpaired) electrons. The number of para-hydroxylation sites is 1. The monoisotopic (exact) mass is 1520 g/mol. The average Bonchev–Trinajstić information content (AvgIpc) is 1.63. The van der Waals surface area contributed by atoms with Crippen molar-refractivity contribution in [3.63, 3.8) is 0 Å². The van der Waals surface area contributed by atoms with Crippen molar-refractivity contribution in [1.29, 1.82) is 5.26 Å². The summed E-state index contributed by atoms with van der Waals surface area (Å²) in [5, 5.41) is 41.9. The van der Waals surface area contributed by atoms with E-state index in [4.69, 9.17) is 50.8 Å². The summed E-state index contributed by atoms with van der Waals surface area (Å²) in [6.45, 7) is 19.4. The van der Waals surface area contributed by atoms with E-state index in [1.807, 2.05) is 81.4 Å². The number of carbonyl (C=O) groups is 6. The second kappa shape index (κ2) is 41.0. The van der Waals surface area contributed by atoms with Crippen LogP contribution < -0.4 is 47.6 Å². The Morgan fingerprint density at radius 2 is 0.936 bits per heavy atom. The van der Waals surface area contributed by atoms with Gasteiger partial charge in [-0.25, -0.2) is 19.0 Å². The number of morpholine rings is 3. The minimum Gasteiger partial charge on any atom is -0.492 e. The number of benzene rings is 7. The van der Waals surface area contributed by atoms with Gasteiger partial charge in [0.1, 0.15) is 60.3 Å². The summed E-state index contributed by atoms with van der Waals surface area (Å²) in [5.41, 5.74) is 23.1. The predicted molar refractivity (Wildman–Crippen MR) is 419 cm³/mol. The number of ketones is 3. The average molecular weight is 1520 g/mol. The molecule has 5 heterocycles. The number of nitrogens with zero attached hydrogens (tertiary/aromatic N) is 8. The molecule has 0 atom stereocenters. The van der Waals surface area contributed by atoms with Crippen LogP contribution in [0, 0.1) is 32.1 Å². The molecule has 110 heavy (non-hydrogen) atoms. The summed E-state index contributed by atoms with van der Waals surface area (Å²) in [7, 11) is 0. The molecule has 0 spiro atoms. The molecule has 28 nitrogen and oxygen atoms in total. The Morgan fingerprint density at radius 3 is 1.36 bits per heavy atom. The zero-order chi connectivity index (χ0) is 77.2. The molecule has 9 aromatic rings. The van der Waals surface area contributed by atoms with E-state index in [1.54, 1.807) is 84.9 Å². The molecule has 13 rings (SSSR count). The van der Waals surface area contributed by atoms with Crippen molar-refractivity contribution >= 4 is 70.6 Å². The Bertz CT molecular complexity index is 4710. The normalized spacial score (nSPS) is 14.3. The third-order valence-corrected chi connectivity index (χ3v) is 18.2. The lowest BCUT2D eigenvalue weighted by Crippen LogP contribution is -2.38. The number of halogens is 1. The lowest BCUT2D eigenvalue weighted by molar-refractivity contribution is 0.0321. The van der Waals surface area contributed by atoms with Crippen molar-refractivity contribution in [2.24, 2.45) is 5.84 Å². The van der Waals surface area contributed by atoms with Crippen LogP contribution in [-0.4, -0.2) is 204 Å². The SMILES string of the molecule is Cc1ccc(C(=O)NC2CC2)cc1-n1ncc(C(=O)c2cccc(OCCN3CCOCC3)c2)c1N.Cc1ccc(C(=O)O)cc1-n1ncc(C(=O)c2cccc(OCCN3CCOCC3)c2)c1N.Cc1ccc(C(=O)O)cc1NN.Cl.N#C/C(=C\Nc1ccccc1)C(=O)c1cccc(OCCN2CCOCC2)c1. The zero-order valence-electron chi connectivity index (χ0n) is 61.5. The lowest BCUT2D eigenvalue weighted by atomic mass is 10.0. The summed E-state index contributed by atoms with van der Waals surface area (Å²) in [5.74, 6) is 4.40. The number of anilines is 4. The van der Waals surface area contributed by atoms with Crippen molar-refractivity contribution in [1.82, 2.24) is 39.6 Å². The second-order valence-corrected chi connectivity index (χ2v) is 25.9. The molecule has 0 bridgehead atoms. The number of carboxylic acid groups (broad SMARTS) is 2. The van der Waals surface area contributed by atoms with Crippen LogP contribution in [-0.2, 0) is 14.2 Å². The number of Topliss-reactive ketones (excluding diaryl/α,β-unsaturated/α-hetero) is 1. The molecule has 0 unspecified atom stereocenters. The van der Waals surface area contributed by atoms with E-state index in [0.29, 0.717) is 81.9 Å². The Hall–Kier alpha value is -11.8. The molecule has 11 N–H and O–H groups in total. The maximum Gasteiger partial charge on any atom is 0.335 e. The number of allylic oxidation sites excluding steroid dienone is 1. The van der Waals surface area contributed by atoms with Gasteiger partial charge in [0.2, 0.25) is 5.78 Å². The minimum absolute atomic E-state index is 0. The summed E-state index contributed by atoms with van der Waals surface area (Å²) in [6.07, 6.45) is 6.34. The number of carbonyl (C=O) groups excluding carboxylic acids is 4. The Labute approximate surface area is 643 Å². The fourth-order valence-electron chi connectivity index (χ4n) is 11.6. The Morgan fingerprint density at radius 1 is 0.527 bits per heavy atom. The Balaban J connectivity index is 0.000000177. The number of aryl methyl sites for hydroxylation is 3. The highest BCUT2D eigenvalue weighted by molar-refractivity contribution is 6.13. The number of carboxylic acids is 2. The zero-order valence-corrected chi connectivity index (χ0v) is 62.3. The molecular formula is C81H91ClN14O14. The molecule has 4 fully saturated rings. The summed E-state index contributed by atoms with van der Waals surface area (Å²) < 4.78 is 36.5. The van der Waals surface area contributed by atoms with Crippen molar-refractivity contribution < 1.29 is 67.4 Å². The molecule has 3 aliphatic heterocycles. The number of hydrogen-bond acceptors (Lipinski definition) is 23. The van der Waals surface area contributed by atoms with E-state index in [2.05, 4.69) is 41.0 Å². The molecule has 4 aliphatic rings. The van der Waals surface area contributed by atoms with Crippen LogP contribution in [0.3, 0.4) is 0 Å². The summed E-state index contributed by atoms with van der Waals surface area (Å²) in [6, 6.07) is 47.4. The number of nitrogens with one attached hydrogen (secondary N) is 3. The molecule has 1 saturated carbocycles. The number of ether oxygens (including phenoxy) is 6. The number of nitrogen functional groups attached to an aromatic ring is 3. The van der Waals surface area contributed by atoms with Crippen molar-refractivity contribution in [3.05, 3.63) is 243 Å². The van der Waals surface area contributed by atoms with E-state index >= 15 is 0 Å². The fourth-order valence-corrected chi connectivity index (χ4v) is 11.6. The number of hydrazine groups is 1. The summed E-state index contributed by atoms with van der Waals surface area (Å²) in [4.78, 5) is 80.3. The maximum absolute atomic E-state index is 13.3. The molecule has 29 heteroatoms. The first kappa shape index (κ1) is 82.3. The van der Waals surface area contributed by atoms with Gasteiger partial charge in [-0.1, -0.05) is 72.8 Å². The third kappa shape index (κ3) is 23.4. The first-order valence-corrected chi connectivity index (χ1v) is 35.7. The quantitative estimate of drug-likeness (QED) is 0.00780. The van der Waals surface area contributed by atoms with Gasteiger partial charge in [-0.2, -0.15) is 15.5 Å². The second-order valence-electron chi connectivity index (χ2n) is 25.9. The highest BCUT2D eigenvalue weighted by atomic mass is 35.5. The number of aromatic nitrogens is 4. The van der Waals surface area contributed by atoms with Crippen molar-refractivity contribution in [3.8, 4) is 34.7 Å². The van der Waals surface area contributed by atoms with Crippen molar-refractivity contribution in [2.75, 3.05) is 141 Å². The molecule has 2 aromatic heterocycles. The molecule has 3 saturated heterocycles. The standard InChI is InChI=1S/C27H31N5O4.C24H26N4O5.C22H23N3O3.C8H10N2O2.ClH/c1-18-5-6-20(27(34)30-21-7-8-21)16-24(18)32-26(28)23(17-29-32)25(33)19-3-2-4-22(15-19)36-14-11-31-9-12-35-13-10-31;1-16-5-6-18(24(30)31)14-21(16)28-23(25)20(15-26-28)22(29)17-3-2-4-19(13-17)33-12-9-27-7-10-32-11-8-27;23-16-19(17-24-20-6-2-1-3-7-20)22(26)18-5-4-8-21(15-18)28-14-11-25-9-12-27-13-10-25;1-5-2-3-6(8(11)12)4-7(5)10-9;/h2-6,15-17,21H,7-14,28H2,1H3,(H,30,34);2-6,13-15H,7-12,25H2,1H3,(H,30,31);1-8,15,17,24H,9-14H2;2-4,10H,9H2,1H3,(H,11,12);1H/b;;19-17+;;. The lowest BCUT2D eigenvalue weighted by Gasteiger charge is -2.26. The van der Waals surface area contributed by atoms with Crippen molar-refractivity contribution in [2.45, 2.75) is 39.7 Å². The first-order valence-electron chi connectivity index (χ1n) is 35.7. The number of nitrogens with two attached hydrogens (primary N) is 3. The van der Waals surface area contributed by atoms with Crippen LogP contribution >= 0.6 is 12.4 Å². The summed E-state index contributed by atoms with van der Waals surface area (Å²) >= 11 is 0. The van der Waals surface area contributed by atoms with Crippen LogP contribution in [0.1, 0.15) is 103 Å². The van der Waals surface area contributed by atoms with E-state index in [0.717, 1.165) is 134 Å². The molecular weight excluding hydrogens is 1430 g/mol. The number of nitriles is 1. The number of hydrogen-bond donors (Lipinski definition) is 8. The van der Waals surface area contributed by atoms with Gasteiger partial charge in [0.15, 0.2) is 11.6 Å². The van der Waals surface area contributed by atoms with Gasteiger partial charge in [-0.05, 0) is 135 Å². The molecule has 576 valence electrons. The highest BCUT2D eigenvalue weighted by Crippen LogP contribution is 2.29. The van der Waals surface area contributed by atoms with Crippen LogP contribution in [0.25, 0.3) is 11.4 Å². The van der Waals surface area contributed by atoms with Gasteiger partial charge < -0.3 is 66.2 Å². The molecule has 1 aliphatic carbocycles. The van der Waals surface area contributed by atoms with Crippen LogP contribution in [0.2, 0.25) is 0 Å². The van der Waals surface area contributed by atoms with Crippen LogP contribution in [0.15, 0.2) is 182 Å². The molecule has 7 aromatic carbocycles. The number of amides is 1. The smallest absolute Gasteiger partial charge is 0.335 e. The van der Waals surface area contributed by atoms with Gasteiger partial charge in [0.05, 0.1) is 91.4 Å².